The maximum atomic E-state index is 13.2. The molecule has 0 saturated heterocycles. The molecule has 1 unspecified atom stereocenters. The Hall–Kier alpha value is -3.39. The third-order valence-electron chi connectivity index (χ3n) is 5.87. The standard InChI is InChI=1S/C24H22N4O3S/c1-13-6-5-7-17-14(2)10-20-25-26-24(28(20)22(13)17)32-15(3)23(30)16-8-9-19-18(11-16)27(4)21(29)12-31-19/h5-11,15H,12H2,1-4H3. The Balaban J connectivity index is 1.50. The van der Waals surface area contributed by atoms with Crippen LogP contribution in [0.25, 0.3) is 16.6 Å². The van der Waals surface area contributed by atoms with Gasteiger partial charge in [-0.3, -0.25) is 14.0 Å². The predicted molar refractivity (Wildman–Crippen MR) is 125 cm³/mol. The Morgan fingerprint density at radius 3 is 2.75 bits per heavy atom. The second-order valence-corrected chi connectivity index (χ2v) is 9.33. The number of anilines is 1. The summed E-state index contributed by atoms with van der Waals surface area (Å²) in [6.07, 6.45) is 0. The molecule has 1 aliphatic rings. The molecule has 0 fully saturated rings. The van der Waals surface area contributed by atoms with E-state index < -0.39 is 5.25 Å². The van der Waals surface area contributed by atoms with Crippen molar-refractivity contribution in [2.45, 2.75) is 31.2 Å². The molecule has 3 heterocycles. The fourth-order valence-corrected chi connectivity index (χ4v) is 5.02. The lowest BCUT2D eigenvalue weighted by atomic mass is 10.1. The summed E-state index contributed by atoms with van der Waals surface area (Å²) in [6.45, 7) is 6.01. The zero-order valence-electron chi connectivity index (χ0n) is 18.2. The highest BCUT2D eigenvalue weighted by atomic mass is 32.2. The summed E-state index contributed by atoms with van der Waals surface area (Å²) in [5.74, 6) is 0.413. The summed E-state index contributed by atoms with van der Waals surface area (Å²) in [4.78, 5) is 26.7. The zero-order valence-corrected chi connectivity index (χ0v) is 19.1. The molecule has 1 amide bonds. The first-order chi connectivity index (χ1) is 15.3. The third-order valence-corrected chi connectivity index (χ3v) is 6.91. The van der Waals surface area contributed by atoms with E-state index in [4.69, 9.17) is 4.74 Å². The topological polar surface area (TPSA) is 76.8 Å². The molecule has 0 bridgehead atoms. The molecule has 1 aliphatic heterocycles. The predicted octanol–water partition coefficient (Wildman–Crippen LogP) is 4.22. The SMILES string of the molecule is Cc1cc2nnc(SC(C)C(=O)c3ccc4c(c3)N(C)C(=O)CO4)n2c2c(C)cccc12. The Kier molecular flexibility index (Phi) is 4.89. The molecule has 32 heavy (non-hydrogen) atoms. The van der Waals surface area contributed by atoms with Crippen molar-refractivity contribution in [3.05, 3.63) is 59.2 Å². The first-order valence-corrected chi connectivity index (χ1v) is 11.2. The molecule has 0 radical (unpaired) electrons. The van der Waals surface area contributed by atoms with Crippen molar-refractivity contribution in [3.63, 3.8) is 0 Å². The summed E-state index contributed by atoms with van der Waals surface area (Å²) in [5, 5.41) is 10.2. The normalized spacial score (nSPS) is 14.5. The number of Topliss-reactive ketones (excluding diaryl/α,β-unsaturated/α-hetero) is 1. The lowest BCUT2D eigenvalue weighted by Crippen LogP contribution is -2.35. The molecule has 4 aromatic rings. The van der Waals surface area contributed by atoms with Gasteiger partial charge in [0.15, 0.2) is 23.2 Å². The fraction of sp³-hybridized carbons (Fsp3) is 0.250. The minimum absolute atomic E-state index is 0.00977. The number of ketones is 1. The van der Waals surface area contributed by atoms with Crippen LogP contribution in [0.5, 0.6) is 5.75 Å². The number of hydrogen-bond donors (Lipinski definition) is 0. The molecule has 8 heteroatoms. The van der Waals surface area contributed by atoms with E-state index in [1.165, 1.54) is 16.7 Å². The monoisotopic (exact) mass is 446 g/mol. The molecular weight excluding hydrogens is 424 g/mol. The van der Waals surface area contributed by atoms with Gasteiger partial charge in [-0.1, -0.05) is 30.0 Å². The Morgan fingerprint density at radius 2 is 1.94 bits per heavy atom. The summed E-state index contributed by atoms with van der Waals surface area (Å²) in [5.41, 5.74) is 5.21. The van der Waals surface area contributed by atoms with Gasteiger partial charge in [0.05, 0.1) is 16.5 Å². The summed E-state index contributed by atoms with van der Waals surface area (Å²) >= 11 is 1.38. The molecule has 2 aromatic carbocycles. The Labute approximate surface area is 189 Å². The van der Waals surface area contributed by atoms with Crippen molar-refractivity contribution in [3.8, 4) is 5.75 Å². The number of carbonyl (C=O) groups excluding carboxylic acids is 2. The smallest absolute Gasteiger partial charge is 0.264 e. The maximum Gasteiger partial charge on any atom is 0.264 e. The largest absolute Gasteiger partial charge is 0.482 e. The number of aryl methyl sites for hydroxylation is 2. The highest BCUT2D eigenvalue weighted by Crippen LogP contribution is 2.34. The lowest BCUT2D eigenvalue weighted by molar-refractivity contribution is -0.120. The summed E-state index contributed by atoms with van der Waals surface area (Å²) < 4.78 is 7.49. The first kappa shape index (κ1) is 20.5. The van der Waals surface area contributed by atoms with Gasteiger partial charge >= 0.3 is 0 Å². The van der Waals surface area contributed by atoms with Gasteiger partial charge in [-0.05, 0) is 56.2 Å². The molecule has 7 nitrogen and oxygen atoms in total. The molecule has 0 N–H and O–H groups in total. The van der Waals surface area contributed by atoms with Crippen molar-refractivity contribution in [1.82, 2.24) is 14.6 Å². The van der Waals surface area contributed by atoms with Gasteiger partial charge in [-0.2, -0.15) is 0 Å². The fourth-order valence-electron chi connectivity index (χ4n) is 4.08. The van der Waals surface area contributed by atoms with Crippen LogP contribution in [0.2, 0.25) is 0 Å². The molecule has 0 aliphatic carbocycles. The van der Waals surface area contributed by atoms with Crippen molar-refractivity contribution < 1.29 is 14.3 Å². The van der Waals surface area contributed by atoms with Crippen LogP contribution in [0.1, 0.15) is 28.4 Å². The van der Waals surface area contributed by atoms with Crippen molar-refractivity contribution in [1.29, 1.82) is 0 Å². The van der Waals surface area contributed by atoms with E-state index in [-0.39, 0.29) is 18.3 Å². The lowest BCUT2D eigenvalue weighted by Gasteiger charge is -2.26. The van der Waals surface area contributed by atoms with Crippen LogP contribution in [0.15, 0.2) is 47.6 Å². The van der Waals surface area contributed by atoms with Gasteiger partial charge in [-0.15, -0.1) is 10.2 Å². The van der Waals surface area contributed by atoms with E-state index >= 15 is 0 Å². The number of fused-ring (bicyclic) bond motifs is 4. The van der Waals surface area contributed by atoms with E-state index in [2.05, 4.69) is 36.2 Å². The number of para-hydroxylation sites is 1. The van der Waals surface area contributed by atoms with Crippen LogP contribution >= 0.6 is 11.8 Å². The average molecular weight is 447 g/mol. The Morgan fingerprint density at radius 1 is 1.12 bits per heavy atom. The van der Waals surface area contributed by atoms with Crippen molar-refractivity contribution >= 4 is 45.7 Å². The van der Waals surface area contributed by atoms with E-state index in [0.29, 0.717) is 22.2 Å². The summed E-state index contributed by atoms with van der Waals surface area (Å²) in [7, 11) is 1.69. The van der Waals surface area contributed by atoms with E-state index in [1.807, 2.05) is 23.5 Å². The first-order valence-electron chi connectivity index (χ1n) is 10.3. The number of nitrogens with zero attached hydrogens (tertiary/aromatic N) is 4. The number of aromatic nitrogens is 3. The molecule has 162 valence electrons. The second-order valence-electron chi connectivity index (χ2n) is 8.02. The number of hydrogen-bond acceptors (Lipinski definition) is 6. The van der Waals surface area contributed by atoms with Crippen LogP contribution < -0.4 is 9.64 Å². The molecular formula is C24H22N4O3S. The number of amides is 1. The van der Waals surface area contributed by atoms with Crippen LogP contribution in [0, 0.1) is 13.8 Å². The number of pyridine rings is 1. The van der Waals surface area contributed by atoms with Gasteiger partial charge in [0, 0.05) is 18.0 Å². The summed E-state index contributed by atoms with van der Waals surface area (Å²) in [6, 6.07) is 13.4. The van der Waals surface area contributed by atoms with Crippen LogP contribution in [-0.2, 0) is 4.79 Å². The quantitative estimate of drug-likeness (QED) is 0.345. The number of thioether (sulfide) groups is 1. The van der Waals surface area contributed by atoms with E-state index in [1.54, 1.807) is 25.2 Å². The van der Waals surface area contributed by atoms with Gasteiger partial charge < -0.3 is 9.64 Å². The number of rotatable bonds is 4. The average Bonchev–Trinajstić information content (AvgIpc) is 3.18. The highest BCUT2D eigenvalue weighted by Gasteiger charge is 2.26. The van der Waals surface area contributed by atoms with Crippen molar-refractivity contribution in [2.75, 3.05) is 18.6 Å². The molecule has 2 aromatic heterocycles. The van der Waals surface area contributed by atoms with Gasteiger partial charge in [0.25, 0.3) is 5.91 Å². The number of likely N-dealkylation sites (N-methyl/N-ethyl adjacent to an activating group) is 1. The molecule has 0 spiro atoms. The third kappa shape index (κ3) is 3.22. The van der Waals surface area contributed by atoms with Crippen LogP contribution in [0.3, 0.4) is 0 Å². The number of benzene rings is 2. The van der Waals surface area contributed by atoms with Crippen LogP contribution in [0.4, 0.5) is 5.69 Å². The minimum Gasteiger partial charge on any atom is -0.482 e. The second kappa shape index (κ2) is 7.63. The van der Waals surface area contributed by atoms with E-state index in [0.717, 1.165) is 27.7 Å². The molecule has 0 saturated carbocycles. The van der Waals surface area contributed by atoms with Crippen molar-refractivity contribution in [2.24, 2.45) is 0 Å². The zero-order chi connectivity index (χ0) is 22.6. The van der Waals surface area contributed by atoms with Gasteiger partial charge in [0.2, 0.25) is 0 Å². The number of carbonyl (C=O) groups is 2. The molecule has 1 atom stereocenters. The van der Waals surface area contributed by atoms with Gasteiger partial charge in [-0.25, -0.2) is 0 Å². The Bertz CT molecular complexity index is 1410. The minimum atomic E-state index is -0.397. The highest BCUT2D eigenvalue weighted by molar-refractivity contribution is 8.00. The van der Waals surface area contributed by atoms with Crippen LogP contribution in [-0.4, -0.2) is 45.2 Å². The number of ether oxygens (including phenoxy) is 1. The molecule has 5 rings (SSSR count). The maximum absolute atomic E-state index is 13.2. The van der Waals surface area contributed by atoms with E-state index in [9.17, 15) is 9.59 Å². The van der Waals surface area contributed by atoms with Gasteiger partial charge in [0.1, 0.15) is 5.75 Å².